The largest absolute Gasteiger partial charge is 0.398 e. The van der Waals surface area contributed by atoms with Gasteiger partial charge < -0.3 is 10.8 Å². The van der Waals surface area contributed by atoms with Crippen molar-refractivity contribution in [3.63, 3.8) is 0 Å². The highest BCUT2D eigenvalue weighted by Crippen LogP contribution is 2.41. The summed E-state index contributed by atoms with van der Waals surface area (Å²) in [6, 6.07) is 6.07. The number of nitrogen functional groups attached to an aromatic ring is 1. The van der Waals surface area contributed by atoms with E-state index in [4.69, 9.17) is 5.73 Å². The second-order valence-corrected chi connectivity index (χ2v) is 6.97. The van der Waals surface area contributed by atoms with Crippen molar-refractivity contribution < 1.29 is 13.5 Å². The predicted molar refractivity (Wildman–Crippen MR) is 69.4 cm³/mol. The predicted octanol–water partition coefficient (Wildman–Crippen LogP) is 0.707. The molecule has 0 bridgehead atoms. The summed E-state index contributed by atoms with van der Waals surface area (Å²) in [7, 11) is -3.63. The average Bonchev–Trinajstić information content (AvgIpc) is 2.29. The van der Waals surface area contributed by atoms with Crippen LogP contribution in [-0.4, -0.2) is 25.7 Å². The maximum absolute atomic E-state index is 12.2. The molecule has 4 N–H and O–H groups in total. The summed E-state index contributed by atoms with van der Waals surface area (Å²) < 4.78 is 27.0. The zero-order valence-corrected chi connectivity index (χ0v) is 11.2. The minimum Gasteiger partial charge on any atom is -0.398 e. The number of sulfonamides is 1. The standard InChI is InChI=1S/C12H18N2O3S/c1-12(2)10(7-11(12)15)14-18(16,17)9-6-4-3-5-8(9)13/h3-6,10-11,14-15H,7,13H2,1-2H3. The lowest BCUT2D eigenvalue weighted by atomic mass is 9.65. The van der Waals surface area contributed by atoms with Crippen molar-refractivity contribution in [3.05, 3.63) is 24.3 Å². The van der Waals surface area contributed by atoms with Gasteiger partial charge in [0.1, 0.15) is 4.90 Å². The van der Waals surface area contributed by atoms with Crippen LogP contribution in [0.5, 0.6) is 0 Å². The number of nitrogens with one attached hydrogen (secondary N) is 1. The Balaban J connectivity index is 2.22. The summed E-state index contributed by atoms with van der Waals surface area (Å²) in [5.41, 5.74) is 5.45. The molecular weight excluding hydrogens is 252 g/mol. The third kappa shape index (κ3) is 2.11. The van der Waals surface area contributed by atoms with Crippen molar-refractivity contribution in [3.8, 4) is 0 Å². The lowest BCUT2D eigenvalue weighted by Gasteiger charge is -2.49. The Labute approximate surface area is 107 Å². The van der Waals surface area contributed by atoms with Gasteiger partial charge in [0.15, 0.2) is 0 Å². The van der Waals surface area contributed by atoms with Crippen molar-refractivity contribution in [2.75, 3.05) is 5.73 Å². The highest BCUT2D eigenvalue weighted by molar-refractivity contribution is 7.89. The topological polar surface area (TPSA) is 92.4 Å². The Morgan fingerprint density at radius 1 is 1.39 bits per heavy atom. The van der Waals surface area contributed by atoms with Gasteiger partial charge in [0.25, 0.3) is 0 Å². The van der Waals surface area contributed by atoms with Gasteiger partial charge in [-0.05, 0) is 18.6 Å². The lowest BCUT2D eigenvalue weighted by Crippen LogP contribution is -2.61. The van der Waals surface area contributed by atoms with Crippen LogP contribution in [0.15, 0.2) is 29.2 Å². The first-order chi connectivity index (χ1) is 8.25. The van der Waals surface area contributed by atoms with E-state index >= 15 is 0 Å². The summed E-state index contributed by atoms with van der Waals surface area (Å²) in [6.07, 6.45) is -0.0442. The van der Waals surface area contributed by atoms with E-state index in [0.717, 1.165) is 0 Å². The first-order valence-corrected chi connectivity index (χ1v) is 7.28. The van der Waals surface area contributed by atoms with Crippen molar-refractivity contribution in [1.29, 1.82) is 0 Å². The monoisotopic (exact) mass is 270 g/mol. The number of aliphatic hydroxyl groups is 1. The van der Waals surface area contributed by atoms with Gasteiger partial charge in [-0.25, -0.2) is 13.1 Å². The van der Waals surface area contributed by atoms with Gasteiger partial charge >= 0.3 is 0 Å². The molecule has 1 aromatic carbocycles. The molecule has 2 rings (SSSR count). The Morgan fingerprint density at radius 3 is 2.50 bits per heavy atom. The lowest BCUT2D eigenvalue weighted by molar-refractivity contribution is -0.0645. The molecule has 1 saturated carbocycles. The number of nitrogens with two attached hydrogens (primary N) is 1. The maximum Gasteiger partial charge on any atom is 0.242 e. The Morgan fingerprint density at radius 2 is 2.00 bits per heavy atom. The summed E-state index contributed by atoms with van der Waals surface area (Å²) >= 11 is 0. The van der Waals surface area contributed by atoms with Gasteiger partial charge in [-0.3, -0.25) is 0 Å². The number of anilines is 1. The number of benzene rings is 1. The summed E-state index contributed by atoms with van der Waals surface area (Å²) in [4.78, 5) is 0.0854. The summed E-state index contributed by atoms with van der Waals surface area (Å²) in [5.74, 6) is 0. The second kappa shape index (κ2) is 4.22. The molecule has 18 heavy (non-hydrogen) atoms. The van der Waals surface area contributed by atoms with Gasteiger partial charge in [-0.2, -0.15) is 0 Å². The van der Waals surface area contributed by atoms with E-state index in [1.54, 1.807) is 18.2 Å². The van der Waals surface area contributed by atoms with E-state index in [0.29, 0.717) is 6.42 Å². The molecule has 0 amide bonds. The van der Waals surface area contributed by atoms with Gasteiger partial charge in [0, 0.05) is 11.5 Å². The van der Waals surface area contributed by atoms with E-state index in [1.165, 1.54) is 6.07 Å². The summed E-state index contributed by atoms with van der Waals surface area (Å²) in [6.45, 7) is 3.67. The van der Waals surface area contributed by atoms with E-state index in [2.05, 4.69) is 4.72 Å². The van der Waals surface area contributed by atoms with Crippen LogP contribution < -0.4 is 10.5 Å². The molecule has 100 valence electrons. The molecule has 1 aliphatic rings. The molecular formula is C12H18N2O3S. The SMILES string of the molecule is CC1(C)C(O)CC1NS(=O)(=O)c1ccccc1N. The molecule has 1 aromatic rings. The number of hydrogen-bond acceptors (Lipinski definition) is 4. The van der Waals surface area contributed by atoms with Gasteiger partial charge in [-0.15, -0.1) is 0 Å². The van der Waals surface area contributed by atoms with Crippen LogP contribution in [0.1, 0.15) is 20.3 Å². The molecule has 2 unspecified atom stereocenters. The zero-order chi connectivity index (χ0) is 13.6. The highest BCUT2D eigenvalue weighted by atomic mass is 32.2. The third-order valence-electron chi connectivity index (χ3n) is 3.72. The Hall–Kier alpha value is -1.11. The van der Waals surface area contributed by atoms with Crippen LogP contribution in [-0.2, 0) is 10.0 Å². The number of aliphatic hydroxyl groups excluding tert-OH is 1. The minimum atomic E-state index is -3.63. The molecule has 0 heterocycles. The molecule has 1 aliphatic carbocycles. The van der Waals surface area contributed by atoms with Gasteiger partial charge in [0.2, 0.25) is 10.0 Å². The Kier molecular flexibility index (Phi) is 3.12. The maximum atomic E-state index is 12.2. The molecule has 0 radical (unpaired) electrons. The average molecular weight is 270 g/mol. The summed E-state index contributed by atoms with van der Waals surface area (Å²) in [5, 5.41) is 9.61. The quantitative estimate of drug-likeness (QED) is 0.705. The van der Waals surface area contributed by atoms with Crippen LogP contribution in [0.25, 0.3) is 0 Å². The molecule has 0 aromatic heterocycles. The number of hydrogen-bond donors (Lipinski definition) is 3. The molecule has 5 nitrogen and oxygen atoms in total. The highest BCUT2D eigenvalue weighted by Gasteiger charge is 2.49. The fourth-order valence-electron chi connectivity index (χ4n) is 2.08. The zero-order valence-electron chi connectivity index (χ0n) is 10.4. The molecule has 0 aliphatic heterocycles. The first-order valence-electron chi connectivity index (χ1n) is 5.80. The molecule has 0 saturated heterocycles. The molecule has 2 atom stereocenters. The molecule has 1 fully saturated rings. The van der Waals surface area contributed by atoms with E-state index in [-0.39, 0.29) is 16.6 Å². The minimum absolute atomic E-state index is 0.0854. The second-order valence-electron chi connectivity index (χ2n) is 5.28. The van der Waals surface area contributed by atoms with E-state index < -0.39 is 21.5 Å². The van der Waals surface area contributed by atoms with Crippen molar-refractivity contribution >= 4 is 15.7 Å². The van der Waals surface area contributed by atoms with Gasteiger partial charge in [-0.1, -0.05) is 26.0 Å². The normalized spacial score (nSPS) is 26.6. The first kappa shape index (κ1) is 13.3. The fraction of sp³-hybridized carbons (Fsp3) is 0.500. The van der Waals surface area contributed by atoms with E-state index in [9.17, 15) is 13.5 Å². The number of rotatable bonds is 3. The fourth-order valence-corrected chi connectivity index (χ4v) is 3.62. The third-order valence-corrected chi connectivity index (χ3v) is 5.27. The van der Waals surface area contributed by atoms with Crippen LogP contribution in [0, 0.1) is 5.41 Å². The smallest absolute Gasteiger partial charge is 0.242 e. The van der Waals surface area contributed by atoms with Crippen LogP contribution >= 0.6 is 0 Å². The van der Waals surface area contributed by atoms with Crippen molar-refractivity contribution in [2.24, 2.45) is 5.41 Å². The van der Waals surface area contributed by atoms with Gasteiger partial charge in [0.05, 0.1) is 11.8 Å². The van der Waals surface area contributed by atoms with Crippen molar-refractivity contribution in [2.45, 2.75) is 37.3 Å². The molecule has 6 heteroatoms. The van der Waals surface area contributed by atoms with E-state index in [1.807, 2.05) is 13.8 Å². The van der Waals surface area contributed by atoms with Crippen LogP contribution in [0.4, 0.5) is 5.69 Å². The van der Waals surface area contributed by atoms with Crippen molar-refractivity contribution in [1.82, 2.24) is 4.72 Å². The van der Waals surface area contributed by atoms with Crippen LogP contribution in [0.2, 0.25) is 0 Å². The Bertz CT molecular complexity index is 554. The molecule has 0 spiro atoms. The number of para-hydroxylation sites is 1. The van der Waals surface area contributed by atoms with Crippen LogP contribution in [0.3, 0.4) is 0 Å².